The molecule has 3 heteroatoms. The summed E-state index contributed by atoms with van der Waals surface area (Å²) in [6.45, 7) is 4.19. The number of hydrogen-bond donors (Lipinski definition) is 2. The van der Waals surface area contributed by atoms with Gasteiger partial charge in [0.2, 0.25) is 5.91 Å². The molecule has 0 saturated heterocycles. The van der Waals surface area contributed by atoms with Crippen molar-refractivity contribution in [3.63, 3.8) is 0 Å². The summed E-state index contributed by atoms with van der Waals surface area (Å²) in [5, 5.41) is 3.12. The first-order valence-corrected chi connectivity index (χ1v) is 6.15. The molecule has 1 amide bonds. The molecular weight excluding hydrogens is 188 g/mol. The summed E-state index contributed by atoms with van der Waals surface area (Å²) < 4.78 is 0. The van der Waals surface area contributed by atoms with Gasteiger partial charge in [0.05, 0.1) is 6.04 Å². The largest absolute Gasteiger partial charge is 0.350 e. The van der Waals surface area contributed by atoms with E-state index in [0.29, 0.717) is 0 Å². The highest BCUT2D eigenvalue weighted by Crippen LogP contribution is 2.27. The van der Waals surface area contributed by atoms with Crippen LogP contribution in [-0.4, -0.2) is 17.5 Å². The maximum Gasteiger partial charge on any atom is 0.237 e. The molecule has 0 radical (unpaired) electrons. The molecule has 1 fully saturated rings. The predicted molar refractivity (Wildman–Crippen MR) is 62.5 cm³/mol. The van der Waals surface area contributed by atoms with Gasteiger partial charge in [-0.25, -0.2) is 0 Å². The Kier molecular flexibility index (Phi) is 4.58. The average molecular weight is 212 g/mol. The molecule has 0 aromatic rings. The Hall–Kier alpha value is -0.570. The van der Waals surface area contributed by atoms with E-state index in [4.69, 9.17) is 5.73 Å². The lowest BCUT2D eigenvalue weighted by molar-refractivity contribution is -0.124. The van der Waals surface area contributed by atoms with Crippen LogP contribution in [0.2, 0.25) is 0 Å². The minimum atomic E-state index is -0.325. The van der Waals surface area contributed by atoms with Crippen molar-refractivity contribution in [2.24, 2.45) is 5.73 Å². The van der Waals surface area contributed by atoms with Crippen LogP contribution in [0.4, 0.5) is 0 Å². The first-order chi connectivity index (χ1) is 7.07. The van der Waals surface area contributed by atoms with Gasteiger partial charge in [-0.3, -0.25) is 4.79 Å². The van der Waals surface area contributed by atoms with Crippen LogP contribution >= 0.6 is 0 Å². The van der Waals surface area contributed by atoms with Crippen molar-refractivity contribution in [1.29, 1.82) is 0 Å². The van der Waals surface area contributed by atoms with E-state index in [1.54, 1.807) is 0 Å². The maximum atomic E-state index is 11.8. The van der Waals surface area contributed by atoms with Crippen LogP contribution in [0.15, 0.2) is 0 Å². The molecule has 0 bridgehead atoms. The molecule has 0 spiro atoms. The Morgan fingerprint density at radius 3 is 2.53 bits per heavy atom. The third-order valence-corrected chi connectivity index (χ3v) is 3.32. The van der Waals surface area contributed by atoms with Gasteiger partial charge in [-0.1, -0.05) is 32.6 Å². The van der Waals surface area contributed by atoms with Gasteiger partial charge in [0.15, 0.2) is 0 Å². The van der Waals surface area contributed by atoms with E-state index in [1.165, 1.54) is 19.3 Å². The Balaban J connectivity index is 2.41. The first kappa shape index (κ1) is 12.5. The van der Waals surface area contributed by atoms with Gasteiger partial charge in [0, 0.05) is 5.54 Å². The summed E-state index contributed by atoms with van der Waals surface area (Å²) in [6, 6.07) is -0.325. The summed E-state index contributed by atoms with van der Waals surface area (Å²) in [6.07, 6.45) is 7.68. The second kappa shape index (κ2) is 5.50. The van der Waals surface area contributed by atoms with Crippen molar-refractivity contribution < 1.29 is 4.79 Å². The van der Waals surface area contributed by atoms with Crippen LogP contribution in [0.5, 0.6) is 0 Å². The van der Waals surface area contributed by atoms with Gasteiger partial charge >= 0.3 is 0 Å². The number of amides is 1. The number of nitrogens with one attached hydrogen (secondary N) is 1. The first-order valence-electron chi connectivity index (χ1n) is 6.15. The summed E-state index contributed by atoms with van der Waals surface area (Å²) >= 11 is 0. The minimum Gasteiger partial charge on any atom is -0.350 e. The zero-order valence-electron chi connectivity index (χ0n) is 10.0. The third-order valence-electron chi connectivity index (χ3n) is 3.32. The van der Waals surface area contributed by atoms with Crippen LogP contribution in [0, 0.1) is 0 Å². The molecule has 1 atom stereocenters. The Morgan fingerprint density at radius 2 is 2.00 bits per heavy atom. The van der Waals surface area contributed by atoms with Crippen molar-refractivity contribution in [2.45, 2.75) is 70.4 Å². The molecule has 1 aliphatic carbocycles. The van der Waals surface area contributed by atoms with Crippen LogP contribution in [0.3, 0.4) is 0 Å². The monoisotopic (exact) mass is 212 g/mol. The molecule has 0 aliphatic heterocycles. The average Bonchev–Trinajstić information content (AvgIpc) is 2.18. The lowest BCUT2D eigenvalue weighted by atomic mass is 9.83. The van der Waals surface area contributed by atoms with Gasteiger partial charge in [-0.05, 0) is 26.2 Å². The van der Waals surface area contributed by atoms with Gasteiger partial charge in [-0.2, -0.15) is 0 Å². The molecule has 0 aromatic heterocycles. The quantitative estimate of drug-likeness (QED) is 0.748. The smallest absolute Gasteiger partial charge is 0.237 e. The molecule has 3 nitrogen and oxygen atoms in total. The normalized spacial score (nSPS) is 22.1. The van der Waals surface area contributed by atoms with Crippen LogP contribution < -0.4 is 11.1 Å². The zero-order chi connectivity index (χ0) is 11.3. The molecule has 1 aliphatic rings. The number of hydrogen-bond acceptors (Lipinski definition) is 2. The highest BCUT2D eigenvalue weighted by Gasteiger charge is 2.29. The molecule has 3 N–H and O–H groups in total. The number of rotatable bonds is 4. The highest BCUT2D eigenvalue weighted by molar-refractivity contribution is 5.82. The lowest BCUT2D eigenvalue weighted by Gasteiger charge is -2.35. The predicted octanol–water partition coefficient (Wildman–Crippen LogP) is 1.95. The summed E-state index contributed by atoms with van der Waals surface area (Å²) in [4.78, 5) is 11.8. The Labute approximate surface area is 92.8 Å². The van der Waals surface area contributed by atoms with Crippen molar-refractivity contribution in [3.05, 3.63) is 0 Å². The van der Waals surface area contributed by atoms with E-state index in [1.807, 2.05) is 0 Å². The summed E-state index contributed by atoms with van der Waals surface area (Å²) in [5.41, 5.74) is 5.79. The standard InChI is InChI=1S/C12H24N2O/c1-3-7-10(13)11(15)14-12(2)8-5-4-6-9-12/h10H,3-9,13H2,1-2H3,(H,14,15). The van der Waals surface area contributed by atoms with E-state index in [0.717, 1.165) is 25.7 Å². The molecular formula is C12H24N2O. The zero-order valence-corrected chi connectivity index (χ0v) is 10.0. The maximum absolute atomic E-state index is 11.8. The molecule has 1 unspecified atom stereocenters. The number of nitrogens with two attached hydrogens (primary N) is 1. The molecule has 15 heavy (non-hydrogen) atoms. The summed E-state index contributed by atoms with van der Waals surface area (Å²) in [5.74, 6) is 0.0289. The lowest BCUT2D eigenvalue weighted by Crippen LogP contribution is -2.52. The van der Waals surface area contributed by atoms with Crippen LogP contribution in [0.25, 0.3) is 0 Å². The van der Waals surface area contributed by atoms with Gasteiger partial charge in [-0.15, -0.1) is 0 Å². The van der Waals surface area contributed by atoms with Crippen LogP contribution in [0.1, 0.15) is 58.8 Å². The van der Waals surface area contributed by atoms with Crippen molar-refractivity contribution >= 4 is 5.91 Å². The SMILES string of the molecule is CCCC(N)C(=O)NC1(C)CCCCC1. The van der Waals surface area contributed by atoms with E-state index >= 15 is 0 Å². The molecule has 0 heterocycles. The Bertz CT molecular complexity index is 210. The molecule has 88 valence electrons. The molecule has 1 saturated carbocycles. The van der Waals surface area contributed by atoms with Crippen molar-refractivity contribution in [3.8, 4) is 0 Å². The fraction of sp³-hybridized carbons (Fsp3) is 0.917. The number of carbonyl (C=O) groups excluding carboxylic acids is 1. The van der Waals surface area contributed by atoms with Crippen molar-refractivity contribution in [1.82, 2.24) is 5.32 Å². The van der Waals surface area contributed by atoms with Gasteiger partial charge < -0.3 is 11.1 Å². The van der Waals surface area contributed by atoms with E-state index in [-0.39, 0.29) is 17.5 Å². The second-order valence-electron chi connectivity index (χ2n) is 5.01. The van der Waals surface area contributed by atoms with E-state index in [9.17, 15) is 4.79 Å². The Morgan fingerprint density at radius 1 is 1.40 bits per heavy atom. The minimum absolute atomic E-state index is 0.000689. The number of carbonyl (C=O) groups is 1. The van der Waals surface area contributed by atoms with Crippen LogP contribution in [-0.2, 0) is 4.79 Å². The second-order valence-corrected chi connectivity index (χ2v) is 5.01. The topological polar surface area (TPSA) is 55.1 Å². The van der Waals surface area contributed by atoms with Crippen molar-refractivity contribution in [2.75, 3.05) is 0 Å². The molecule has 0 aromatic carbocycles. The fourth-order valence-electron chi connectivity index (χ4n) is 2.29. The van der Waals surface area contributed by atoms with Gasteiger partial charge in [0.1, 0.15) is 0 Å². The fourth-order valence-corrected chi connectivity index (χ4v) is 2.29. The third kappa shape index (κ3) is 3.82. The van der Waals surface area contributed by atoms with Gasteiger partial charge in [0.25, 0.3) is 0 Å². The summed E-state index contributed by atoms with van der Waals surface area (Å²) in [7, 11) is 0. The van der Waals surface area contributed by atoms with E-state index < -0.39 is 0 Å². The van der Waals surface area contributed by atoms with E-state index in [2.05, 4.69) is 19.2 Å². The highest BCUT2D eigenvalue weighted by atomic mass is 16.2. The molecule has 1 rings (SSSR count).